The first-order chi connectivity index (χ1) is 16.6. The highest BCUT2D eigenvalue weighted by molar-refractivity contribution is 7.98. The SMILES string of the molecule is O=C(NCc1nnc(SCc2ccc(F)cc2)n1-c1ccccc1)C12CC3CC(CC(C3)C1)C2. The molecule has 4 bridgehead atoms. The van der Waals surface area contributed by atoms with E-state index in [2.05, 4.69) is 15.5 Å². The van der Waals surface area contributed by atoms with Gasteiger partial charge in [-0.15, -0.1) is 10.2 Å². The van der Waals surface area contributed by atoms with Crippen molar-refractivity contribution in [3.8, 4) is 5.69 Å². The molecule has 7 rings (SSSR count). The Morgan fingerprint density at radius 1 is 0.971 bits per heavy atom. The van der Waals surface area contributed by atoms with Gasteiger partial charge in [-0.05, 0) is 86.1 Å². The van der Waals surface area contributed by atoms with Crippen molar-refractivity contribution in [2.75, 3.05) is 0 Å². The third kappa shape index (κ3) is 4.15. The maximum absolute atomic E-state index is 13.5. The van der Waals surface area contributed by atoms with Gasteiger partial charge >= 0.3 is 0 Å². The van der Waals surface area contributed by atoms with Crippen molar-refractivity contribution < 1.29 is 9.18 Å². The van der Waals surface area contributed by atoms with Crippen molar-refractivity contribution >= 4 is 17.7 Å². The minimum Gasteiger partial charge on any atom is -0.348 e. The van der Waals surface area contributed by atoms with Crippen LogP contribution in [-0.2, 0) is 17.1 Å². The number of benzene rings is 2. The van der Waals surface area contributed by atoms with E-state index in [9.17, 15) is 9.18 Å². The molecule has 4 saturated carbocycles. The second-order valence-corrected chi connectivity index (χ2v) is 11.3. The summed E-state index contributed by atoms with van der Waals surface area (Å²) >= 11 is 1.56. The summed E-state index contributed by atoms with van der Waals surface area (Å²) in [7, 11) is 0. The molecule has 0 unspecified atom stereocenters. The molecule has 0 spiro atoms. The van der Waals surface area contributed by atoms with E-state index in [1.54, 1.807) is 23.9 Å². The highest BCUT2D eigenvalue weighted by Crippen LogP contribution is 2.60. The second-order valence-electron chi connectivity index (χ2n) is 10.4. The summed E-state index contributed by atoms with van der Waals surface area (Å²) in [6, 6.07) is 16.5. The van der Waals surface area contributed by atoms with E-state index in [0.717, 1.165) is 59.2 Å². The number of halogens is 1. The highest BCUT2D eigenvalue weighted by Gasteiger charge is 2.54. The Morgan fingerprint density at radius 3 is 2.26 bits per heavy atom. The smallest absolute Gasteiger partial charge is 0.226 e. The molecular weight excluding hydrogens is 447 g/mol. The zero-order chi connectivity index (χ0) is 23.1. The summed E-state index contributed by atoms with van der Waals surface area (Å²) in [6.45, 7) is 0.361. The zero-order valence-electron chi connectivity index (χ0n) is 19.1. The number of nitrogens with zero attached hydrogens (tertiary/aromatic N) is 3. The van der Waals surface area contributed by atoms with Crippen molar-refractivity contribution in [3.63, 3.8) is 0 Å². The first-order valence-electron chi connectivity index (χ1n) is 12.2. The fraction of sp³-hybridized carbons (Fsp3) is 0.444. The van der Waals surface area contributed by atoms with Crippen LogP contribution in [-0.4, -0.2) is 20.7 Å². The van der Waals surface area contributed by atoms with E-state index in [0.29, 0.717) is 12.3 Å². The van der Waals surface area contributed by atoms with Crippen molar-refractivity contribution in [2.24, 2.45) is 23.2 Å². The summed E-state index contributed by atoms with van der Waals surface area (Å²) in [5.41, 5.74) is 1.81. The zero-order valence-corrected chi connectivity index (χ0v) is 19.9. The molecular formula is C27H29FN4OS. The molecule has 176 valence electrons. The van der Waals surface area contributed by atoms with Crippen LogP contribution in [0.15, 0.2) is 59.8 Å². The third-order valence-corrected chi connectivity index (χ3v) is 8.92. The van der Waals surface area contributed by atoms with Gasteiger partial charge in [0.2, 0.25) is 5.91 Å². The summed E-state index contributed by atoms with van der Waals surface area (Å²) < 4.78 is 15.3. The van der Waals surface area contributed by atoms with Crippen LogP contribution in [0.4, 0.5) is 4.39 Å². The number of rotatable bonds is 7. The monoisotopic (exact) mass is 476 g/mol. The molecule has 1 aromatic heterocycles. The van der Waals surface area contributed by atoms with Gasteiger partial charge in [-0.25, -0.2) is 4.39 Å². The average molecular weight is 477 g/mol. The molecule has 2 aromatic carbocycles. The van der Waals surface area contributed by atoms with Gasteiger partial charge in [0.25, 0.3) is 0 Å². The lowest BCUT2D eigenvalue weighted by Gasteiger charge is -2.55. The molecule has 7 heteroatoms. The lowest BCUT2D eigenvalue weighted by molar-refractivity contribution is -0.146. The van der Waals surface area contributed by atoms with Crippen LogP contribution in [0.5, 0.6) is 0 Å². The Labute approximate surface area is 203 Å². The van der Waals surface area contributed by atoms with Crippen molar-refractivity contribution in [1.82, 2.24) is 20.1 Å². The van der Waals surface area contributed by atoms with Gasteiger partial charge in [0, 0.05) is 16.9 Å². The van der Waals surface area contributed by atoms with Crippen LogP contribution in [0.3, 0.4) is 0 Å². The summed E-state index contributed by atoms with van der Waals surface area (Å²) in [4.78, 5) is 13.5. The van der Waals surface area contributed by atoms with Crippen molar-refractivity contribution in [1.29, 1.82) is 0 Å². The Kier molecular flexibility index (Phi) is 5.68. The number of amides is 1. The van der Waals surface area contributed by atoms with Gasteiger partial charge in [0.1, 0.15) is 5.82 Å². The molecule has 0 aliphatic heterocycles. The maximum Gasteiger partial charge on any atom is 0.226 e. The first kappa shape index (κ1) is 21.8. The minimum atomic E-state index is -0.238. The lowest BCUT2D eigenvalue weighted by Crippen LogP contribution is -2.53. The molecule has 0 atom stereocenters. The van der Waals surface area contributed by atoms with E-state index in [4.69, 9.17) is 0 Å². The number of thioether (sulfide) groups is 1. The Bertz CT molecular complexity index is 1140. The fourth-order valence-electron chi connectivity index (χ4n) is 6.81. The summed E-state index contributed by atoms with van der Waals surface area (Å²) in [5, 5.41) is 12.9. The normalized spacial score (nSPS) is 27.1. The molecule has 1 N–H and O–H groups in total. The summed E-state index contributed by atoms with van der Waals surface area (Å²) in [6.07, 6.45) is 7.12. The number of para-hydroxylation sites is 1. The topological polar surface area (TPSA) is 59.8 Å². The molecule has 4 fully saturated rings. The molecule has 0 saturated heterocycles. The molecule has 3 aromatic rings. The predicted molar refractivity (Wildman–Crippen MR) is 130 cm³/mol. The Morgan fingerprint density at radius 2 is 1.62 bits per heavy atom. The van der Waals surface area contributed by atoms with Gasteiger partial charge in [-0.3, -0.25) is 9.36 Å². The number of hydrogen-bond donors (Lipinski definition) is 1. The van der Waals surface area contributed by atoms with Crippen molar-refractivity contribution in [3.05, 3.63) is 71.8 Å². The molecule has 34 heavy (non-hydrogen) atoms. The van der Waals surface area contributed by atoms with E-state index in [1.807, 2.05) is 34.9 Å². The average Bonchev–Trinajstić information content (AvgIpc) is 3.24. The standard InChI is InChI=1S/C27H29FN4OS/c28-22-8-6-18(7-9-22)17-34-26-31-30-24(32(26)23-4-2-1-3-5-23)16-29-25(33)27-13-19-10-20(14-27)12-21(11-19)15-27/h1-9,19-21H,10-17H2,(H,29,33). The third-order valence-electron chi connectivity index (χ3n) is 7.92. The summed E-state index contributed by atoms with van der Waals surface area (Å²) in [5.74, 6) is 3.56. The predicted octanol–water partition coefficient (Wildman–Crippen LogP) is 5.53. The van der Waals surface area contributed by atoms with Gasteiger partial charge in [0.15, 0.2) is 11.0 Å². The lowest BCUT2D eigenvalue weighted by atomic mass is 9.49. The molecule has 1 heterocycles. The van der Waals surface area contributed by atoms with Crippen LogP contribution >= 0.6 is 11.8 Å². The van der Waals surface area contributed by atoms with E-state index < -0.39 is 0 Å². The van der Waals surface area contributed by atoms with Gasteiger partial charge in [-0.2, -0.15) is 0 Å². The molecule has 4 aliphatic rings. The maximum atomic E-state index is 13.5. The van der Waals surface area contributed by atoms with E-state index in [1.165, 1.54) is 31.4 Å². The molecule has 0 radical (unpaired) electrons. The molecule has 5 nitrogen and oxygen atoms in total. The Balaban J connectivity index is 1.20. The van der Waals surface area contributed by atoms with Crippen LogP contribution < -0.4 is 5.32 Å². The molecule has 1 amide bonds. The van der Waals surface area contributed by atoms with Gasteiger partial charge < -0.3 is 5.32 Å². The van der Waals surface area contributed by atoms with E-state index >= 15 is 0 Å². The van der Waals surface area contributed by atoms with E-state index in [-0.39, 0.29) is 17.1 Å². The quantitative estimate of drug-likeness (QED) is 0.456. The van der Waals surface area contributed by atoms with Crippen LogP contribution in [0.1, 0.15) is 49.9 Å². The highest BCUT2D eigenvalue weighted by atomic mass is 32.2. The molecule has 4 aliphatic carbocycles. The number of carbonyl (C=O) groups excluding carboxylic acids is 1. The fourth-order valence-corrected chi connectivity index (χ4v) is 7.74. The van der Waals surface area contributed by atoms with Crippen LogP contribution in [0.25, 0.3) is 5.69 Å². The van der Waals surface area contributed by atoms with Crippen LogP contribution in [0, 0.1) is 29.0 Å². The van der Waals surface area contributed by atoms with Gasteiger partial charge in [0.05, 0.1) is 6.54 Å². The number of nitrogens with one attached hydrogen (secondary N) is 1. The number of aromatic nitrogens is 3. The van der Waals surface area contributed by atoms with Crippen molar-refractivity contribution in [2.45, 2.75) is 56.0 Å². The minimum absolute atomic E-state index is 0.174. The van der Waals surface area contributed by atoms with Crippen LogP contribution in [0.2, 0.25) is 0 Å². The Hall–Kier alpha value is -2.67. The largest absolute Gasteiger partial charge is 0.348 e. The first-order valence-corrected chi connectivity index (χ1v) is 13.2. The second kappa shape index (κ2) is 8.84. The van der Waals surface area contributed by atoms with Gasteiger partial charge in [-0.1, -0.05) is 42.1 Å². The number of hydrogen-bond acceptors (Lipinski definition) is 4. The number of carbonyl (C=O) groups is 1.